The summed E-state index contributed by atoms with van der Waals surface area (Å²) < 4.78 is 6.13. The number of methoxy groups -OCH3 is 1. The quantitative estimate of drug-likeness (QED) is 0.837. The second-order valence-corrected chi connectivity index (χ2v) is 6.67. The van der Waals surface area contributed by atoms with Gasteiger partial charge in [-0.15, -0.1) is 0 Å². The number of carbonyl (C=O) groups excluding carboxylic acids is 1. The van der Waals surface area contributed by atoms with Crippen molar-refractivity contribution < 1.29 is 9.53 Å². The smallest absolute Gasteiger partial charge is 0.331 e. The summed E-state index contributed by atoms with van der Waals surface area (Å²) in [7, 11) is 1.47. The van der Waals surface area contributed by atoms with E-state index in [2.05, 4.69) is 35.1 Å². The molecule has 1 N–H and O–H groups in total. The highest BCUT2D eigenvalue weighted by atomic mass is 79.9. The molecular weight excluding hydrogens is 318 g/mol. The molecule has 0 amide bonds. The standard InChI is InChI=1S/C16H22BrNO2/c1-11-5-4-10-16(12(11)2,15(19)20-3)18-14-8-6-13(17)7-9-14/h6-9,11-12,18H,4-5,10H2,1-3H3. The second-order valence-electron chi connectivity index (χ2n) is 5.75. The number of anilines is 1. The number of rotatable bonds is 3. The maximum Gasteiger partial charge on any atom is 0.331 e. The molecule has 0 aromatic heterocycles. The molecular formula is C16H22BrNO2. The van der Waals surface area contributed by atoms with Gasteiger partial charge in [0, 0.05) is 10.2 Å². The predicted molar refractivity (Wildman–Crippen MR) is 84.7 cm³/mol. The van der Waals surface area contributed by atoms with Crippen molar-refractivity contribution in [3.05, 3.63) is 28.7 Å². The lowest BCUT2D eigenvalue weighted by molar-refractivity contribution is -0.150. The van der Waals surface area contributed by atoms with Crippen molar-refractivity contribution in [3.63, 3.8) is 0 Å². The number of carbonyl (C=O) groups is 1. The first-order valence-corrected chi connectivity index (χ1v) is 7.91. The van der Waals surface area contributed by atoms with Crippen LogP contribution in [-0.2, 0) is 9.53 Å². The summed E-state index contributed by atoms with van der Waals surface area (Å²) in [5.41, 5.74) is 0.347. The molecule has 20 heavy (non-hydrogen) atoms. The molecule has 1 aliphatic rings. The molecule has 1 saturated carbocycles. The van der Waals surface area contributed by atoms with Crippen LogP contribution in [-0.4, -0.2) is 18.6 Å². The zero-order valence-electron chi connectivity index (χ0n) is 12.3. The Kier molecular flexibility index (Phi) is 4.74. The Morgan fingerprint density at radius 3 is 2.60 bits per heavy atom. The molecule has 110 valence electrons. The molecule has 1 fully saturated rings. The summed E-state index contributed by atoms with van der Waals surface area (Å²) in [6, 6.07) is 7.93. The van der Waals surface area contributed by atoms with E-state index >= 15 is 0 Å². The molecule has 1 aliphatic carbocycles. The highest BCUT2D eigenvalue weighted by Gasteiger charge is 2.48. The van der Waals surface area contributed by atoms with E-state index in [9.17, 15) is 4.79 Å². The zero-order valence-corrected chi connectivity index (χ0v) is 13.9. The second kappa shape index (κ2) is 6.17. The topological polar surface area (TPSA) is 38.3 Å². The van der Waals surface area contributed by atoms with Crippen molar-refractivity contribution in [2.75, 3.05) is 12.4 Å². The van der Waals surface area contributed by atoms with Crippen molar-refractivity contribution >= 4 is 27.6 Å². The lowest BCUT2D eigenvalue weighted by Gasteiger charge is -2.44. The van der Waals surface area contributed by atoms with Crippen LogP contribution in [0.5, 0.6) is 0 Å². The van der Waals surface area contributed by atoms with Crippen molar-refractivity contribution in [3.8, 4) is 0 Å². The van der Waals surface area contributed by atoms with Crippen LogP contribution in [0.4, 0.5) is 5.69 Å². The average molecular weight is 340 g/mol. The van der Waals surface area contributed by atoms with E-state index in [0.29, 0.717) is 5.92 Å². The maximum atomic E-state index is 12.4. The third-order valence-electron chi connectivity index (χ3n) is 4.62. The molecule has 1 aromatic carbocycles. The Morgan fingerprint density at radius 2 is 2.00 bits per heavy atom. The van der Waals surface area contributed by atoms with Gasteiger partial charge in [0.15, 0.2) is 0 Å². The normalized spacial score (nSPS) is 29.8. The SMILES string of the molecule is COC(=O)C1(Nc2ccc(Br)cc2)CCCC(C)C1C. The lowest BCUT2D eigenvalue weighted by Crippen LogP contribution is -2.56. The van der Waals surface area contributed by atoms with Crippen LogP contribution >= 0.6 is 15.9 Å². The van der Waals surface area contributed by atoms with Gasteiger partial charge in [-0.1, -0.05) is 42.6 Å². The highest BCUT2D eigenvalue weighted by Crippen LogP contribution is 2.40. The van der Waals surface area contributed by atoms with Gasteiger partial charge in [0.1, 0.15) is 5.54 Å². The van der Waals surface area contributed by atoms with E-state index in [1.54, 1.807) is 0 Å². The highest BCUT2D eigenvalue weighted by molar-refractivity contribution is 9.10. The Bertz CT molecular complexity index is 474. The van der Waals surface area contributed by atoms with Crippen molar-refractivity contribution in [2.45, 2.75) is 38.6 Å². The van der Waals surface area contributed by atoms with E-state index in [4.69, 9.17) is 4.74 Å². The molecule has 0 aliphatic heterocycles. The van der Waals surface area contributed by atoms with Gasteiger partial charge in [-0.2, -0.15) is 0 Å². The fraction of sp³-hybridized carbons (Fsp3) is 0.562. The number of hydrogen-bond acceptors (Lipinski definition) is 3. The molecule has 0 bridgehead atoms. The molecule has 0 spiro atoms. The van der Waals surface area contributed by atoms with Crippen LogP contribution in [0.3, 0.4) is 0 Å². The Hall–Kier alpha value is -1.03. The number of benzene rings is 1. The van der Waals surface area contributed by atoms with Gasteiger partial charge in [-0.3, -0.25) is 0 Å². The largest absolute Gasteiger partial charge is 0.467 e. The summed E-state index contributed by atoms with van der Waals surface area (Å²) in [5.74, 6) is 0.595. The van der Waals surface area contributed by atoms with Gasteiger partial charge in [-0.25, -0.2) is 4.79 Å². The molecule has 3 atom stereocenters. The summed E-state index contributed by atoms with van der Waals surface area (Å²) in [6.07, 6.45) is 3.04. The maximum absolute atomic E-state index is 12.4. The fourth-order valence-electron chi connectivity index (χ4n) is 3.15. The molecule has 3 nitrogen and oxygen atoms in total. The third-order valence-corrected chi connectivity index (χ3v) is 5.15. The van der Waals surface area contributed by atoms with Crippen LogP contribution in [0.2, 0.25) is 0 Å². The average Bonchev–Trinajstić information content (AvgIpc) is 2.45. The minimum absolute atomic E-state index is 0.153. The molecule has 3 unspecified atom stereocenters. The Balaban J connectivity index is 2.32. The molecule has 0 radical (unpaired) electrons. The first-order valence-electron chi connectivity index (χ1n) is 7.12. The van der Waals surface area contributed by atoms with Crippen molar-refractivity contribution in [1.29, 1.82) is 0 Å². The van der Waals surface area contributed by atoms with Gasteiger partial charge in [0.25, 0.3) is 0 Å². The monoisotopic (exact) mass is 339 g/mol. The number of esters is 1. The summed E-state index contributed by atoms with van der Waals surface area (Å²) in [6.45, 7) is 4.36. The minimum Gasteiger partial charge on any atom is -0.467 e. The first kappa shape index (κ1) is 15.4. The summed E-state index contributed by atoms with van der Waals surface area (Å²) in [5, 5.41) is 3.46. The minimum atomic E-state index is -0.611. The van der Waals surface area contributed by atoms with E-state index in [1.807, 2.05) is 24.3 Å². The molecule has 4 heteroatoms. The first-order chi connectivity index (χ1) is 9.49. The zero-order chi connectivity index (χ0) is 14.8. The van der Waals surface area contributed by atoms with Crippen molar-refractivity contribution in [1.82, 2.24) is 0 Å². The van der Waals surface area contributed by atoms with Gasteiger partial charge in [0.05, 0.1) is 7.11 Å². The van der Waals surface area contributed by atoms with Crippen molar-refractivity contribution in [2.24, 2.45) is 11.8 Å². The van der Waals surface area contributed by atoms with E-state index in [1.165, 1.54) is 13.5 Å². The number of ether oxygens (including phenoxy) is 1. The van der Waals surface area contributed by atoms with Gasteiger partial charge in [-0.05, 0) is 42.5 Å². The van der Waals surface area contributed by atoms with Gasteiger partial charge >= 0.3 is 5.97 Å². The number of nitrogens with one attached hydrogen (secondary N) is 1. The molecule has 0 saturated heterocycles. The van der Waals surface area contributed by atoms with E-state index in [-0.39, 0.29) is 11.9 Å². The lowest BCUT2D eigenvalue weighted by atomic mass is 9.68. The molecule has 0 heterocycles. The summed E-state index contributed by atoms with van der Waals surface area (Å²) in [4.78, 5) is 12.4. The third kappa shape index (κ3) is 2.85. The van der Waals surface area contributed by atoms with Crippen LogP contribution in [0.1, 0.15) is 33.1 Å². The van der Waals surface area contributed by atoms with Crippen LogP contribution in [0.25, 0.3) is 0 Å². The van der Waals surface area contributed by atoms with E-state index in [0.717, 1.165) is 23.0 Å². The van der Waals surface area contributed by atoms with Gasteiger partial charge in [0.2, 0.25) is 0 Å². The van der Waals surface area contributed by atoms with Crippen LogP contribution in [0.15, 0.2) is 28.7 Å². The molecule has 2 rings (SSSR count). The Morgan fingerprint density at radius 1 is 1.35 bits per heavy atom. The Labute approximate surface area is 129 Å². The van der Waals surface area contributed by atoms with Crippen LogP contribution < -0.4 is 5.32 Å². The number of hydrogen-bond donors (Lipinski definition) is 1. The fourth-order valence-corrected chi connectivity index (χ4v) is 3.42. The van der Waals surface area contributed by atoms with Gasteiger partial charge < -0.3 is 10.1 Å². The van der Waals surface area contributed by atoms with E-state index < -0.39 is 5.54 Å². The van der Waals surface area contributed by atoms with Crippen LogP contribution in [0, 0.1) is 11.8 Å². The number of halogens is 1. The predicted octanol–water partition coefficient (Wildman–Crippen LogP) is 4.23. The molecule has 1 aromatic rings. The summed E-state index contributed by atoms with van der Waals surface area (Å²) >= 11 is 3.43.